The summed E-state index contributed by atoms with van der Waals surface area (Å²) in [7, 11) is 1.94. The van der Waals surface area contributed by atoms with E-state index >= 15 is 0 Å². The van der Waals surface area contributed by atoms with Gasteiger partial charge in [-0.15, -0.1) is 11.3 Å². The Labute approximate surface area is 104 Å². The van der Waals surface area contributed by atoms with Crippen LogP contribution in [0.5, 0.6) is 0 Å². The van der Waals surface area contributed by atoms with E-state index in [9.17, 15) is 0 Å². The van der Waals surface area contributed by atoms with E-state index in [0.717, 1.165) is 28.6 Å². The van der Waals surface area contributed by atoms with Gasteiger partial charge in [0.1, 0.15) is 0 Å². The van der Waals surface area contributed by atoms with E-state index in [2.05, 4.69) is 23.1 Å². The molecule has 0 saturated heterocycles. The summed E-state index contributed by atoms with van der Waals surface area (Å²) in [5, 5.41) is 5.33. The molecule has 0 aliphatic heterocycles. The number of nitrogen functional groups attached to an aromatic ring is 1. The Morgan fingerprint density at radius 1 is 1.53 bits per heavy atom. The first-order valence-corrected chi connectivity index (χ1v) is 6.80. The fourth-order valence-electron chi connectivity index (χ4n) is 1.96. The lowest BCUT2D eigenvalue weighted by Crippen LogP contribution is -1.95. The van der Waals surface area contributed by atoms with Crippen LogP contribution >= 0.6 is 11.3 Å². The third kappa shape index (κ3) is 1.84. The van der Waals surface area contributed by atoms with Crippen molar-refractivity contribution >= 4 is 16.3 Å². The minimum atomic E-state index is 0.584. The Balaban J connectivity index is 2.04. The fraction of sp³-hybridized carbons (Fsp3) is 0.500. The van der Waals surface area contributed by atoms with E-state index in [1.54, 1.807) is 11.3 Å². The fourth-order valence-corrected chi connectivity index (χ4v) is 2.82. The van der Waals surface area contributed by atoms with Crippen molar-refractivity contribution in [1.82, 2.24) is 14.8 Å². The second-order valence-corrected chi connectivity index (χ2v) is 5.70. The molecule has 17 heavy (non-hydrogen) atoms. The van der Waals surface area contributed by atoms with Gasteiger partial charge in [-0.05, 0) is 25.3 Å². The average molecular weight is 248 g/mol. The van der Waals surface area contributed by atoms with Gasteiger partial charge < -0.3 is 5.73 Å². The maximum absolute atomic E-state index is 6.06. The molecule has 4 nitrogen and oxygen atoms in total. The summed E-state index contributed by atoms with van der Waals surface area (Å²) in [6.07, 6.45) is 3.47. The predicted octanol–water partition coefficient (Wildman–Crippen LogP) is 2.57. The Morgan fingerprint density at radius 2 is 2.29 bits per heavy atom. The summed E-state index contributed by atoms with van der Waals surface area (Å²) >= 11 is 1.65. The molecule has 2 heterocycles. The minimum Gasteiger partial charge on any atom is -0.390 e. The molecule has 2 N–H and O–H groups in total. The number of thiophene rings is 1. The number of nitrogens with two attached hydrogens (primary N) is 1. The topological polar surface area (TPSA) is 56.7 Å². The smallest absolute Gasteiger partial charge is 0.161 e. The molecule has 1 fully saturated rings. The van der Waals surface area contributed by atoms with Crippen LogP contribution in [0.1, 0.15) is 36.4 Å². The maximum Gasteiger partial charge on any atom is 0.161 e. The Morgan fingerprint density at radius 3 is 2.88 bits per heavy atom. The molecule has 90 valence electrons. The van der Waals surface area contributed by atoms with Gasteiger partial charge in [-0.2, -0.15) is 5.10 Å². The maximum atomic E-state index is 6.06. The zero-order valence-corrected chi connectivity index (χ0v) is 10.9. The molecule has 0 atom stereocenters. The van der Waals surface area contributed by atoms with Gasteiger partial charge >= 0.3 is 0 Å². The van der Waals surface area contributed by atoms with Crippen molar-refractivity contribution < 1.29 is 0 Å². The predicted molar refractivity (Wildman–Crippen MR) is 70.1 cm³/mol. The van der Waals surface area contributed by atoms with Crippen LogP contribution in [-0.2, 0) is 13.5 Å². The Bertz CT molecular complexity index is 551. The van der Waals surface area contributed by atoms with Crippen LogP contribution in [0.4, 0.5) is 5.00 Å². The quantitative estimate of drug-likeness (QED) is 0.908. The minimum absolute atomic E-state index is 0.584. The van der Waals surface area contributed by atoms with E-state index < -0.39 is 0 Å². The molecular weight excluding hydrogens is 232 g/mol. The molecule has 3 rings (SSSR count). The van der Waals surface area contributed by atoms with Crippen LogP contribution in [0.15, 0.2) is 6.07 Å². The van der Waals surface area contributed by atoms with E-state index in [1.165, 1.54) is 17.7 Å². The second kappa shape index (κ2) is 3.84. The highest BCUT2D eigenvalue weighted by Crippen LogP contribution is 2.40. The van der Waals surface area contributed by atoms with Crippen LogP contribution < -0.4 is 5.73 Å². The number of aryl methyl sites for hydroxylation is 2. The second-order valence-electron chi connectivity index (χ2n) is 4.54. The molecule has 0 bridgehead atoms. The van der Waals surface area contributed by atoms with Crippen molar-refractivity contribution in [2.75, 3.05) is 5.73 Å². The molecule has 0 spiro atoms. The number of nitrogens with zero attached hydrogens (tertiary/aromatic N) is 3. The SMILES string of the molecule is CCc1cc(-c2nc(C3CC3)nn2C)c(N)s1. The summed E-state index contributed by atoms with van der Waals surface area (Å²) in [5.74, 6) is 2.46. The summed E-state index contributed by atoms with van der Waals surface area (Å²) in [6.45, 7) is 2.14. The van der Waals surface area contributed by atoms with Crippen molar-refractivity contribution in [1.29, 1.82) is 0 Å². The van der Waals surface area contributed by atoms with Gasteiger partial charge in [-0.1, -0.05) is 6.92 Å². The zero-order valence-electron chi connectivity index (χ0n) is 10.1. The number of rotatable bonds is 3. The van der Waals surface area contributed by atoms with Gasteiger partial charge in [-0.3, -0.25) is 0 Å². The van der Waals surface area contributed by atoms with Crippen molar-refractivity contribution in [3.63, 3.8) is 0 Å². The van der Waals surface area contributed by atoms with Crippen molar-refractivity contribution in [2.45, 2.75) is 32.1 Å². The van der Waals surface area contributed by atoms with Gasteiger partial charge in [0, 0.05) is 17.8 Å². The lowest BCUT2D eigenvalue weighted by Gasteiger charge is -1.97. The van der Waals surface area contributed by atoms with Gasteiger partial charge in [0.25, 0.3) is 0 Å². The first kappa shape index (κ1) is 10.8. The summed E-state index contributed by atoms with van der Waals surface area (Å²) < 4.78 is 1.85. The highest BCUT2D eigenvalue weighted by Gasteiger charge is 2.29. The number of hydrogen-bond donors (Lipinski definition) is 1. The van der Waals surface area contributed by atoms with Gasteiger partial charge in [0.2, 0.25) is 0 Å². The summed E-state index contributed by atoms with van der Waals surface area (Å²) in [5.41, 5.74) is 7.09. The van der Waals surface area contributed by atoms with Crippen LogP contribution in [0.3, 0.4) is 0 Å². The Kier molecular flexibility index (Phi) is 2.43. The molecular formula is C12H16N4S. The van der Waals surface area contributed by atoms with Crippen molar-refractivity contribution in [2.24, 2.45) is 7.05 Å². The van der Waals surface area contributed by atoms with E-state index in [1.807, 2.05) is 11.7 Å². The standard InChI is InChI=1S/C12H16N4S/c1-3-8-6-9(10(13)17-8)12-14-11(7-4-5-7)15-16(12)2/h6-7H,3-5,13H2,1-2H3. The van der Waals surface area contributed by atoms with Gasteiger partial charge in [0.05, 0.1) is 10.6 Å². The van der Waals surface area contributed by atoms with Crippen molar-refractivity contribution in [3.05, 3.63) is 16.8 Å². The first-order valence-electron chi connectivity index (χ1n) is 5.98. The molecule has 2 aromatic heterocycles. The third-order valence-electron chi connectivity index (χ3n) is 3.12. The van der Waals surface area contributed by atoms with E-state index in [0.29, 0.717) is 5.92 Å². The van der Waals surface area contributed by atoms with E-state index in [4.69, 9.17) is 5.73 Å². The van der Waals surface area contributed by atoms with Crippen LogP contribution in [0, 0.1) is 0 Å². The lowest BCUT2D eigenvalue weighted by atomic mass is 10.2. The number of anilines is 1. The van der Waals surface area contributed by atoms with Crippen LogP contribution in [0.25, 0.3) is 11.4 Å². The molecule has 2 aromatic rings. The molecule has 0 amide bonds. The summed E-state index contributed by atoms with van der Waals surface area (Å²) in [6, 6.07) is 2.14. The number of aromatic nitrogens is 3. The molecule has 0 aromatic carbocycles. The zero-order chi connectivity index (χ0) is 12.0. The van der Waals surface area contributed by atoms with Crippen molar-refractivity contribution in [3.8, 4) is 11.4 Å². The molecule has 5 heteroatoms. The molecule has 1 aliphatic rings. The van der Waals surface area contributed by atoms with Crippen LogP contribution in [-0.4, -0.2) is 14.8 Å². The average Bonchev–Trinajstić information content (AvgIpc) is 2.99. The highest BCUT2D eigenvalue weighted by molar-refractivity contribution is 7.16. The molecule has 0 unspecified atom stereocenters. The van der Waals surface area contributed by atoms with Crippen LogP contribution in [0.2, 0.25) is 0 Å². The molecule has 0 radical (unpaired) electrons. The molecule has 1 saturated carbocycles. The molecule has 1 aliphatic carbocycles. The monoisotopic (exact) mass is 248 g/mol. The normalized spacial score (nSPS) is 15.4. The Hall–Kier alpha value is -1.36. The van der Waals surface area contributed by atoms with E-state index in [-0.39, 0.29) is 0 Å². The summed E-state index contributed by atoms with van der Waals surface area (Å²) in [4.78, 5) is 5.93. The third-order valence-corrected chi connectivity index (χ3v) is 4.23. The first-order chi connectivity index (χ1) is 8.19. The van der Waals surface area contributed by atoms with Gasteiger partial charge in [0.15, 0.2) is 11.6 Å². The largest absolute Gasteiger partial charge is 0.390 e. The highest BCUT2D eigenvalue weighted by atomic mass is 32.1. The lowest BCUT2D eigenvalue weighted by molar-refractivity contribution is 0.750. The van der Waals surface area contributed by atoms with Gasteiger partial charge in [-0.25, -0.2) is 9.67 Å². The number of hydrogen-bond acceptors (Lipinski definition) is 4.